The van der Waals surface area contributed by atoms with E-state index in [1.807, 2.05) is 32.0 Å². The molecular formula is C26H31FN4O4. The predicted octanol–water partition coefficient (Wildman–Crippen LogP) is 4.20. The fourth-order valence-electron chi connectivity index (χ4n) is 4.15. The summed E-state index contributed by atoms with van der Waals surface area (Å²) < 4.78 is 29.7. The molecule has 1 N–H and O–H groups in total. The number of nitrogens with zero attached hydrogens (tertiary/aromatic N) is 3. The monoisotopic (exact) mass is 482 g/mol. The number of ether oxygens (including phenoxy) is 2. The molecule has 0 spiro atoms. The molecule has 8 nitrogen and oxygen atoms in total. The molecule has 1 saturated heterocycles. The van der Waals surface area contributed by atoms with Crippen LogP contribution in [0.2, 0.25) is 0 Å². The first-order valence-electron chi connectivity index (χ1n) is 11.8. The standard InChI is InChI=1S/C26H31FN4O4/c1-17(2)34-22-11-6-18(13-23(22)33-3)14-28-26(32)20-5-4-12-31(15-20)16-24-29-25(30-35-24)19-7-9-21(27)10-8-19/h6-11,13,17,20H,4-5,12,14-16H2,1-3H3,(H,28,32). The second-order valence-corrected chi connectivity index (χ2v) is 8.96. The number of piperidine rings is 1. The molecule has 3 aromatic rings. The van der Waals surface area contributed by atoms with Crippen LogP contribution in [0.25, 0.3) is 11.4 Å². The van der Waals surface area contributed by atoms with Crippen LogP contribution in [0, 0.1) is 11.7 Å². The van der Waals surface area contributed by atoms with Crippen molar-refractivity contribution in [1.82, 2.24) is 20.4 Å². The van der Waals surface area contributed by atoms with Crippen LogP contribution in [0.3, 0.4) is 0 Å². The molecule has 0 bridgehead atoms. The van der Waals surface area contributed by atoms with Gasteiger partial charge in [-0.05, 0) is 75.2 Å². The van der Waals surface area contributed by atoms with Gasteiger partial charge in [0.2, 0.25) is 17.6 Å². The Hall–Kier alpha value is -3.46. The van der Waals surface area contributed by atoms with Crippen LogP contribution in [0.4, 0.5) is 4.39 Å². The van der Waals surface area contributed by atoms with Crippen LogP contribution < -0.4 is 14.8 Å². The van der Waals surface area contributed by atoms with Gasteiger partial charge in [0, 0.05) is 18.7 Å². The minimum Gasteiger partial charge on any atom is -0.493 e. The van der Waals surface area contributed by atoms with Crippen molar-refractivity contribution in [2.75, 3.05) is 20.2 Å². The Morgan fingerprint density at radius 1 is 1.23 bits per heavy atom. The highest BCUT2D eigenvalue weighted by molar-refractivity contribution is 5.79. The zero-order valence-corrected chi connectivity index (χ0v) is 20.3. The van der Waals surface area contributed by atoms with Gasteiger partial charge in [0.05, 0.1) is 25.7 Å². The number of rotatable bonds is 9. The lowest BCUT2D eigenvalue weighted by Gasteiger charge is -2.30. The first kappa shape index (κ1) is 24.7. The molecule has 1 aliphatic heterocycles. The molecular weight excluding hydrogens is 451 g/mol. The van der Waals surface area contributed by atoms with E-state index in [2.05, 4.69) is 20.4 Å². The van der Waals surface area contributed by atoms with E-state index in [4.69, 9.17) is 14.0 Å². The maximum Gasteiger partial charge on any atom is 0.241 e. The van der Waals surface area contributed by atoms with Crippen molar-refractivity contribution >= 4 is 5.91 Å². The van der Waals surface area contributed by atoms with E-state index in [0.29, 0.717) is 48.4 Å². The van der Waals surface area contributed by atoms with Gasteiger partial charge in [0.15, 0.2) is 11.5 Å². The lowest BCUT2D eigenvalue weighted by molar-refractivity contribution is -0.127. The van der Waals surface area contributed by atoms with Gasteiger partial charge in [-0.15, -0.1) is 0 Å². The van der Waals surface area contributed by atoms with Crippen molar-refractivity contribution < 1.29 is 23.2 Å². The minimum absolute atomic E-state index is 0.0219. The van der Waals surface area contributed by atoms with Crippen molar-refractivity contribution in [3.8, 4) is 22.9 Å². The van der Waals surface area contributed by atoms with E-state index in [9.17, 15) is 9.18 Å². The summed E-state index contributed by atoms with van der Waals surface area (Å²) in [7, 11) is 1.60. The van der Waals surface area contributed by atoms with Gasteiger partial charge in [-0.2, -0.15) is 4.98 Å². The van der Waals surface area contributed by atoms with Crippen molar-refractivity contribution in [3.05, 3.63) is 59.7 Å². The van der Waals surface area contributed by atoms with Crippen molar-refractivity contribution in [2.45, 2.75) is 45.9 Å². The highest BCUT2D eigenvalue weighted by Crippen LogP contribution is 2.29. The third kappa shape index (κ3) is 6.57. The Balaban J connectivity index is 1.30. The molecule has 2 aromatic carbocycles. The summed E-state index contributed by atoms with van der Waals surface area (Å²) in [5, 5.41) is 7.05. The molecule has 1 aromatic heterocycles. The van der Waals surface area contributed by atoms with Gasteiger partial charge in [-0.25, -0.2) is 4.39 Å². The largest absolute Gasteiger partial charge is 0.493 e. The average molecular weight is 483 g/mol. The van der Waals surface area contributed by atoms with Crippen LogP contribution in [0.1, 0.15) is 38.1 Å². The van der Waals surface area contributed by atoms with Gasteiger partial charge in [-0.3, -0.25) is 9.69 Å². The number of benzene rings is 2. The number of carbonyl (C=O) groups excluding carboxylic acids is 1. The van der Waals surface area contributed by atoms with E-state index in [1.165, 1.54) is 12.1 Å². The second-order valence-electron chi connectivity index (χ2n) is 8.96. The highest BCUT2D eigenvalue weighted by atomic mass is 19.1. The van der Waals surface area contributed by atoms with Crippen LogP contribution >= 0.6 is 0 Å². The number of hydrogen-bond donors (Lipinski definition) is 1. The SMILES string of the molecule is COc1cc(CNC(=O)C2CCCN(Cc3nc(-c4ccc(F)cc4)no3)C2)ccc1OC(C)C. The molecule has 0 saturated carbocycles. The van der Waals surface area contributed by atoms with Crippen molar-refractivity contribution in [2.24, 2.45) is 5.92 Å². The highest BCUT2D eigenvalue weighted by Gasteiger charge is 2.27. The van der Waals surface area contributed by atoms with E-state index < -0.39 is 0 Å². The summed E-state index contributed by atoms with van der Waals surface area (Å²) in [4.78, 5) is 19.5. The fourth-order valence-corrected chi connectivity index (χ4v) is 4.15. The molecule has 1 amide bonds. The Bertz CT molecular complexity index is 1130. The molecule has 0 radical (unpaired) electrons. The molecule has 0 aliphatic carbocycles. The van der Waals surface area contributed by atoms with Crippen molar-refractivity contribution in [1.29, 1.82) is 0 Å². The predicted molar refractivity (Wildman–Crippen MR) is 128 cm³/mol. The summed E-state index contributed by atoms with van der Waals surface area (Å²) in [6, 6.07) is 11.7. The molecule has 186 valence electrons. The van der Waals surface area contributed by atoms with Gasteiger partial charge < -0.3 is 19.3 Å². The molecule has 35 heavy (non-hydrogen) atoms. The Kier molecular flexibility index (Phi) is 7.97. The van der Waals surface area contributed by atoms with Gasteiger partial charge in [-0.1, -0.05) is 11.2 Å². The van der Waals surface area contributed by atoms with E-state index >= 15 is 0 Å². The molecule has 9 heteroatoms. The maximum atomic E-state index is 13.1. The molecule has 1 unspecified atom stereocenters. The van der Waals surface area contributed by atoms with E-state index in [-0.39, 0.29) is 23.7 Å². The third-order valence-electron chi connectivity index (χ3n) is 5.86. The number of methoxy groups -OCH3 is 1. The van der Waals surface area contributed by atoms with Gasteiger partial charge in [0.1, 0.15) is 5.82 Å². The lowest BCUT2D eigenvalue weighted by atomic mass is 9.97. The van der Waals surface area contributed by atoms with Gasteiger partial charge >= 0.3 is 0 Å². The summed E-state index contributed by atoms with van der Waals surface area (Å²) in [6.45, 7) is 6.27. The fraction of sp³-hybridized carbons (Fsp3) is 0.423. The number of halogens is 1. The zero-order valence-electron chi connectivity index (χ0n) is 20.3. The molecule has 4 rings (SSSR count). The summed E-state index contributed by atoms with van der Waals surface area (Å²) in [6.07, 6.45) is 1.79. The number of carbonyl (C=O) groups is 1. The number of likely N-dealkylation sites (tertiary alicyclic amines) is 1. The number of amides is 1. The minimum atomic E-state index is -0.314. The number of aromatic nitrogens is 2. The quantitative estimate of drug-likeness (QED) is 0.489. The average Bonchev–Trinajstić information content (AvgIpc) is 3.31. The molecule has 2 heterocycles. The third-order valence-corrected chi connectivity index (χ3v) is 5.86. The second kappa shape index (κ2) is 11.3. The summed E-state index contributed by atoms with van der Waals surface area (Å²) in [5.74, 6) is 1.82. The summed E-state index contributed by atoms with van der Waals surface area (Å²) >= 11 is 0. The zero-order chi connectivity index (χ0) is 24.8. The van der Waals surface area contributed by atoms with Gasteiger partial charge in [0.25, 0.3) is 0 Å². The molecule has 1 aliphatic rings. The lowest BCUT2D eigenvalue weighted by Crippen LogP contribution is -2.42. The Morgan fingerprint density at radius 3 is 2.77 bits per heavy atom. The Morgan fingerprint density at radius 2 is 2.03 bits per heavy atom. The first-order chi connectivity index (χ1) is 16.9. The number of nitrogens with one attached hydrogen (secondary N) is 1. The number of hydrogen-bond acceptors (Lipinski definition) is 7. The van der Waals surface area contributed by atoms with Crippen LogP contribution in [-0.4, -0.2) is 47.3 Å². The molecule has 1 fully saturated rings. The smallest absolute Gasteiger partial charge is 0.241 e. The topological polar surface area (TPSA) is 89.7 Å². The van der Waals surface area contributed by atoms with E-state index in [0.717, 1.165) is 24.9 Å². The maximum absolute atomic E-state index is 13.1. The van der Waals surface area contributed by atoms with Crippen LogP contribution in [0.5, 0.6) is 11.5 Å². The van der Waals surface area contributed by atoms with Crippen molar-refractivity contribution in [3.63, 3.8) is 0 Å². The van der Waals surface area contributed by atoms with Crippen LogP contribution in [0.15, 0.2) is 47.0 Å². The van der Waals surface area contributed by atoms with E-state index in [1.54, 1.807) is 19.2 Å². The first-order valence-corrected chi connectivity index (χ1v) is 11.8. The van der Waals surface area contributed by atoms with Crippen LogP contribution in [-0.2, 0) is 17.9 Å². The molecule has 1 atom stereocenters. The normalized spacial score (nSPS) is 16.3. The summed E-state index contributed by atoms with van der Waals surface area (Å²) in [5.41, 5.74) is 1.64. The Labute approximate surface area is 204 Å².